The maximum Gasteiger partial charge on any atom is 0.317 e. The molecule has 0 bridgehead atoms. The predicted molar refractivity (Wildman–Crippen MR) is 66.3 cm³/mol. The Labute approximate surface area is 109 Å². The molecule has 2 heterocycles. The van der Waals surface area contributed by atoms with Gasteiger partial charge in [0.1, 0.15) is 0 Å². The average Bonchev–Trinajstić information content (AvgIpc) is 2.89. The maximum absolute atomic E-state index is 11.9. The molecule has 1 aromatic rings. The zero-order chi connectivity index (χ0) is 13.0. The predicted octanol–water partition coefficient (Wildman–Crippen LogP) is 1.15. The molecular weight excluding hydrogens is 254 g/mol. The Morgan fingerprint density at radius 3 is 3.11 bits per heavy atom. The number of amides is 2. The lowest BCUT2D eigenvalue weighted by Crippen LogP contribution is -2.46. The first-order valence-corrected chi connectivity index (χ1v) is 6.73. The van der Waals surface area contributed by atoms with Crippen molar-refractivity contribution in [3.05, 3.63) is 16.6 Å². The molecule has 0 aliphatic carbocycles. The second-order valence-corrected chi connectivity index (χ2v) is 4.98. The molecule has 18 heavy (non-hydrogen) atoms. The van der Waals surface area contributed by atoms with Crippen LogP contribution >= 0.6 is 11.3 Å². The van der Waals surface area contributed by atoms with E-state index in [1.54, 1.807) is 10.4 Å². The monoisotopic (exact) mass is 269 g/mol. The summed E-state index contributed by atoms with van der Waals surface area (Å²) in [5, 5.41) is 13.6. The summed E-state index contributed by atoms with van der Waals surface area (Å²) in [6.45, 7) is 1.29. The number of hydrogen-bond acceptors (Lipinski definition) is 4. The van der Waals surface area contributed by atoms with Gasteiger partial charge in [0.15, 0.2) is 0 Å². The van der Waals surface area contributed by atoms with Gasteiger partial charge in [-0.15, -0.1) is 11.3 Å². The lowest BCUT2D eigenvalue weighted by atomic mass is 9.99. The zero-order valence-corrected chi connectivity index (χ0v) is 10.7. The van der Waals surface area contributed by atoms with Gasteiger partial charge in [-0.05, 0) is 12.8 Å². The molecule has 2 rings (SSSR count). The van der Waals surface area contributed by atoms with Crippen molar-refractivity contribution >= 4 is 23.3 Å². The van der Waals surface area contributed by atoms with E-state index in [0.29, 0.717) is 19.5 Å². The van der Waals surface area contributed by atoms with E-state index in [9.17, 15) is 9.59 Å². The molecule has 0 aromatic carbocycles. The standard InChI is InChI=1S/C11H15N3O3S/c15-10(16)8-2-1-3-14(5-8)11(17)12-4-9-6-18-7-13-9/h6-8H,1-5H2,(H,12,17)(H,15,16)/t8-/m1/s1. The highest BCUT2D eigenvalue weighted by atomic mass is 32.1. The first-order chi connectivity index (χ1) is 8.66. The van der Waals surface area contributed by atoms with E-state index in [-0.39, 0.29) is 12.6 Å². The molecule has 1 saturated heterocycles. The number of urea groups is 1. The number of piperidine rings is 1. The molecule has 0 spiro atoms. The molecule has 1 fully saturated rings. The Bertz CT molecular complexity index is 421. The van der Waals surface area contributed by atoms with Crippen LogP contribution in [-0.4, -0.2) is 40.1 Å². The van der Waals surface area contributed by atoms with Crippen LogP contribution in [0.1, 0.15) is 18.5 Å². The molecule has 2 N–H and O–H groups in total. The first-order valence-electron chi connectivity index (χ1n) is 5.79. The summed E-state index contributed by atoms with van der Waals surface area (Å²) in [4.78, 5) is 28.4. The fourth-order valence-corrected chi connectivity index (χ4v) is 2.52. The molecule has 0 saturated carbocycles. The SMILES string of the molecule is O=C(O)[C@@H]1CCCN(C(=O)NCc2cscn2)C1. The van der Waals surface area contributed by atoms with Crippen LogP contribution in [0.4, 0.5) is 4.79 Å². The summed E-state index contributed by atoms with van der Waals surface area (Å²) in [7, 11) is 0. The van der Waals surface area contributed by atoms with Crippen molar-refractivity contribution in [2.45, 2.75) is 19.4 Å². The van der Waals surface area contributed by atoms with Gasteiger partial charge in [0.2, 0.25) is 0 Å². The van der Waals surface area contributed by atoms with Gasteiger partial charge in [-0.2, -0.15) is 0 Å². The van der Waals surface area contributed by atoms with Gasteiger partial charge in [-0.1, -0.05) is 0 Å². The summed E-state index contributed by atoms with van der Waals surface area (Å²) >= 11 is 1.48. The molecule has 0 radical (unpaired) electrons. The van der Waals surface area contributed by atoms with Gasteiger partial charge in [-0.3, -0.25) is 4.79 Å². The van der Waals surface area contributed by atoms with Crippen molar-refractivity contribution in [3.8, 4) is 0 Å². The molecule has 1 atom stereocenters. The topological polar surface area (TPSA) is 82.5 Å². The van der Waals surface area contributed by atoms with Gasteiger partial charge in [0.25, 0.3) is 0 Å². The fraction of sp³-hybridized carbons (Fsp3) is 0.545. The van der Waals surface area contributed by atoms with Crippen LogP contribution in [-0.2, 0) is 11.3 Å². The number of thiazole rings is 1. The van der Waals surface area contributed by atoms with Crippen LogP contribution in [0, 0.1) is 5.92 Å². The van der Waals surface area contributed by atoms with E-state index in [2.05, 4.69) is 10.3 Å². The molecule has 0 unspecified atom stereocenters. The number of nitrogens with one attached hydrogen (secondary N) is 1. The van der Waals surface area contributed by atoms with Crippen LogP contribution in [0.25, 0.3) is 0 Å². The maximum atomic E-state index is 11.9. The van der Waals surface area contributed by atoms with Crippen molar-refractivity contribution in [2.75, 3.05) is 13.1 Å². The van der Waals surface area contributed by atoms with Crippen molar-refractivity contribution < 1.29 is 14.7 Å². The summed E-state index contributed by atoms with van der Waals surface area (Å²) in [6, 6.07) is -0.214. The Hall–Kier alpha value is -1.63. The van der Waals surface area contributed by atoms with E-state index in [4.69, 9.17) is 5.11 Å². The van der Waals surface area contributed by atoms with Crippen LogP contribution in [0.2, 0.25) is 0 Å². The van der Waals surface area contributed by atoms with Gasteiger partial charge in [0.05, 0.1) is 23.7 Å². The second-order valence-electron chi connectivity index (χ2n) is 4.26. The molecule has 6 nitrogen and oxygen atoms in total. The van der Waals surface area contributed by atoms with Crippen molar-refractivity contribution in [3.63, 3.8) is 0 Å². The van der Waals surface area contributed by atoms with Crippen molar-refractivity contribution in [1.29, 1.82) is 0 Å². The minimum absolute atomic E-state index is 0.214. The molecule has 1 aromatic heterocycles. The lowest BCUT2D eigenvalue weighted by Gasteiger charge is -2.30. The van der Waals surface area contributed by atoms with E-state index in [1.807, 2.05) is 5.38 Å². The van der Waals surface area contributed by atoms with Gasteiger partial charge in [0, 0.05) is 18.5 Å². The van der Waals surface area contributed by atoms with Gasteiger partial charge < -0.3 is 15.3 Å². The lowest BCUT2D eigenvalue weighted by molar-refractivity contribution is -0.143. The third-order valence-corrected chi connectivity index (χ3v) is 3.60. The van der Waals surface area contributed by atoms with E-state index < -0.39 is 11.9 Å². The highest BCUT2D eigenvalue weighted by Crippen LogP contribution is 2.16. The van der Waals surface area contributed by atoms with Crippen LogP contribution < -0.4 is 5.32 Å². The number of rotatable bonds is 3. The normalized spacial score (nSPS) is 19.6. The summed E-state index contributed by atoms with van der Waals surface area (Å²) in [5.74, 6) is -1.27. The zero-order valence-electron chi connectivity index (χ0n) is 9.83. The molecule has 7 heteroatoms. The molecule has 98 valence electrons. The Morgan fingerprint density at radius 2 is 2.44 bits per heavy atom. The van der Waals surface area contributed by atoms with Crippen LogP contribution in [0.3, 0.4) is 0 Å². The quantitative estimate of drug-likeness (QED) is 0.862. The van der Waals surface area contributed by atoms with Crippen LogP contribution in [0.15, 0.2) is 10.9 Å². The highest BCUT2D eigenvalue weighted by Gasteiger charge is 2.27. The third kappa shape index (κ3) is 3.19. The van der Waals surface area contributed by atoms with E-state index >= 15 is 0 Å². The highest BCUT2D eigenvalue weighted by molar-refractivity contribution is 7.07. The largest absolute Gasteiger partial charge is 0.481 e. The van der Waals surface area contributed by atoms with Gasteiger partial charge in [-0.25, -0.2) is 9.78 Å². The number of carbonyl (C=O) groups excluding carboxylic acids is 1. The fourth-order valence-electron chi connectivity index (χ4n) is 1.97. The number of likely N-dealkylation sites (tertiary alicyclic amines) is 1. The summed E-state index contributed by atoms with van der Waals surface area (Å²) in [5.41, 5.74) is 2.53. The average molecular weight is 269 g/mol. The minimum Gasteiger partial charge on any atom is -0.481 e. The Kier molecular flexibility index (Phi) is 4.14. The van der Waals surface area contributed by atoms with Gasteiger partial charge >= 0.3 is 12.0 Å². The number of aliphatic carboxylic acids is 1. The minimum atomic E-state index is -0.827. The van der Waals surface area contributed by atoms with E-state index in [1.165, 1.54) is 11.3 Å². The summed E-state index contributed by atoms with van der Waals surface area (Å²) in [6.07, 6.45) is 1.38. The molecule has 2 amide bonds. The Morgan fingerprint density at radius 1 is 1.61 bits per heavy atom. The van der Waals surface area contributed by atoms with Crippen LogP contribution in [0.5, 0.6) is 0 Å². The van der Waals surface area contributed by atoms with Crippen molar-refractivity contribution in [2.24, 2.45) is 5.92 Å². The molecule has 1 aliphatic rings. The smallest absolute Gasteiger partial charge is 0.317 e. The number of hydrogen-bond donors (Lipinski definition) is 2. The number of aromatic nitrogens is 1. The van der Waals surface area contributed by atoms with Crippen molar-refractivity contribution in [1.82, 2.24) is 15.2 Å². The first kappa shape index (κ1) is 12.8. The third-order valence-electron chi connectivity index (χ3n) is 2.96. The van der Waals surface area contributed by atoms with E-state index in [0.717, 1.165) is 12.1 Å². The Balaban J connectivity index is 1.83. The molecule has 1 aliphatic heterocycles. The number of carboxylic acid groups (broad SMARTS) is 1. The number of nitrogens with zero attached hydrogens (tertiary/aromatic N) is 2. The summed E-state index contributed by atoms with van der Waals surface area (Å²) < 4.78 is 0. The number of carboxylic acids is 1. The second kappa shape index (κ2) is 5.81. The molecular formula is C11H15N3O3S. The number of carbonyl (C=O) groups is 2.